The normalized spacial score (nSPS) is 21.5. The molecule has 4 rings (SSSR count). The van der Waals surface area contributed by atoms with Gasteiger partial charge in [0.1, 0.15) is 5.82 Å². The number of amidine groups is 1. The fraction of sp³-hybridized carbons (Fsp3) is 0.368. The van der Waals surface area contributed by atoms with Gasteiger partial charge in [0.15, 0.2) is 5.84 Å². The van der Waals surface area contributed by atoms with Crippen LogP contribution in [0.1, 0.15) is 42.5 Å². The number of nitrogens with one attached hydrogen (secondary N) is 3. The molecule has 2 aromatic heterocycles. The molecule has 0 radical (unpaired) electrons. The lowest BCUT2D eigenvalue weighted by atomic mass is 9.80. The van der Waals surface area contributed by atoms with E-state index in [1.807, 2.05) is 24.0 Å². The zero-order valence-electron chi connectivity index (χ0n) is 14.7. The second kappa shape index (κ2) is 6.74. The number of hydrogen-bond donors (Lipinski definition) is 3. The number of carbonyl (C=O) groups excluding carboxylic acids is 1. The molecule has 2 fully saturated rings. The molecule has 0 saturated carbocycles. The van der Waals surface area contributed by atoms with Crippen molar-refractivity contribution in [2.45, 2.75) is 44.7 Å². The second-order valence-corrected chi connectivity index (χ2v) is 6.93. The van der Waals surface area contributed by atoms with E-state index in [1.54, 1.807) is 24.7 Å². The quantitative estimate of drug-likeness (QED) is 0.585. The van der Waals surface area contributed by atoms with Crippen LogP contribution in [0, 0.1) is 12.3 Å². The Morgan fingerprint density at radius 2 is 2.27 bits per heavy atom. The Kier molecular flexibility index (Phi) is 4.28. The predicted octanol–water partition coefficient (Wildman–Crippen LogP) is 3.32. The Labute approximate surface area is 152 Å². The third-order valence-electron chi connectivity index (χ3n) is 5.19. The van der Waals surface area contributed by atoms with Gasteiger partial charge in [0.2, 0.25) is 0 Å². The zero-order chi connectivity index (χ0) is 18.1. The van der Waals surface area contributed by atoms with Crippen LogP contribution >= 0.6 is 0 Å². The Morgan fingerprint density at radius 3 is 2.96 bits per heavy atom. The number of piperidine rings is 1. The molecule has 0 spiro atoms. The van der Waals surface area contributed by atoms with Crippen molar-refractivity contribution in [1.82, 2.24) is 14.9 Å². The van der Waals surface area contributed by atoms with Gasteiger partial charge in [-0.1, -0.05) is 0 Å². The molecular weight excluding hydrogens is 328 g/mol. The van der Waals surface area contributed by atoms with Gasteiger partial charge in [-0.3, -0.25) is 10.7 Å². The largest absolute Gasteiger partial charge is 0.360 e. The Bertz CT molecular complexity index is 843. The van der Waals surface area contributed by atoms with E-state index in [2.05, 4.69) is 20.3 Å². The maximum absolute atomic E-state index is 12.5. The molecule has 0 aromatic carbocycles. The highest BCUT2D eigenvalue weighted by Gasteiger charge is 2.44. The zero-order valence-corrected chi connectivity index (χ0v) is 14.7. The number of aromatic amines is 1. The molecule has 2 unspecified atom stereocenters. The molecule has 7 nitrogen and oxygen atoms in total. The van der Waals surface area contributed by atoms with Gasteiger partial charge < -0.3 is 9.88 Å². The van der Waals surface area contributed by atoms with Crippen LogP contribution in [-0.4, -0.2) is 45.0 Å². The number of amides is 2. The van der Waals surface area contributed by atoms with Crippen LogP contribution in [0.3, 0.4) is 0 Å². The number of anilines is 1. The molecule has 4 heterocycles. The van der Waals surface area contributed by atoms with Crippen LogP contribution in [0.25, 0.3) is 0 Å². The number of fused-ring (bicyclic) bond motifs is 2. The number of pyridine rings is 1. The highest BCUT2D eigenvalue weighted by Crippen LogP contribution is 2.38. The Balaban J connectivity index is 1.47. The molecule has 26 heavy (non-hydrogen) atoms. The number of aliphatic imine (C=N–C) groups is 1. The maximum atomic E-state index is 12.5. The molecule has 134 valence electrons. The van der Waals surface area contributed by atoms with E-state index in [0.717, 1.165) is 30.5 Å². The summed E-state index contributed by atoms with van der Waals surface area (Å²) in [6.07, 6.45) is 9.60. The highest BCUT2D eigenvalue weighted by molar-refractivity contribution is 6.04. The smallest absolute Gasteiger partial charge is 0.323 e. The number of H-pyrrole nitrogens is 1. The van der Waals surface area contributed by atoms with Crippen molar-refractivity contribution < 1.29 is 4.79 Å². The summed E-state index contributed by atoms with van der Waals surface area (Å²) >= 11 is 0. The summed E-state index contributed by atoms with van der Waals surface area (Å²) in [5.41, 5.74) is 2.33. The van der Waals surface area contributed by atoms with Crippen LogP contribution in [-0.2, 0) is 0 Å². The number of aryl methyl sites for hydroxylation is 1. The molecule has 2 aliphatic heterocycles. The van der Waals surface area contributed by atoms with Gasteiger partial charge in [-0.15, -0.1) is 0 Å². The minimum Gasteiger partial charge on any atom is -0.360 e. The van der Waals surface area contributed by atoms with E-state index in [9.17, 15) is 4.79 Å². The minimum atomic E-state index is -0.0883. The van der Waals surface area contributed by atoms with Crippen molar-refractivity contribution in [3.63, 3.8) is 0 Å². The van der Waals surface area contributed by atoms with Gasteiger partial charge in [0.25, 0.3) is 0 Å². The van der Waals surface area contributed by atoms with Gasteiger partial charge in [0, 0.05) is 30.0 Å². The van der Waals surface area contributed by atoms with E-state index in [-0.39, 0.29) is 11.9 Å². The van der Waals surface area contributed by atoms with Crippen molar-refractivity contribution >= 4 is 23.9 Å². The first kappa shape index (κ1) is 16.5. The predicted molar refractivity (Wildman–Crippen MR) is 101 cm³/mol. The summed E-state index contributed by atoms with van der Waals surface area (Å²) in [5.74, 6) is 0.594. The van der Waals surface area contributed by atoms with E-state index in [4.69, 9.17) is 5.41 Å². The molecule has 0 aliphatic carbocycles. The first-order chi connectivity index (χ1) is 12.6. The average molecular weight is 350 g/mol. The van der Waals surface area contributed by atoms with Gasteiger partial charge in [-0.2, -0.15) is 0 Å². The first-order valence-electron chi connectivity index (χ1n) is 8.94. The van der Waals surface area contributed by atoms with Crippen molar-refractivity contribution in [2.24, 2.45) is 4.99 Å². The standard InChI is InChI=1S/C19H22N6O/c1-12-10-22-17(24-19(26)25-14-5-2-6-15(25)8-14)9-16(12)18(20)23-11-13-4-3-7-21-13/h3-4,7,9-11,14-15,20-21H,2,5-6,8H2,1H3,(H,22,24,26). The van der Waals surface area contributed by atoms with Gasteiger partial charge in [0.05, 0.1) is 11.9 Å². The summed E-state index contributed by atoms with van der Waals surface area (Å²) in [6, 6.07) is 6.14. The van der Waals surface area contributed by atoms with Gasteiger partial charge in [-0.25, -0.2) is 14.8 Å². The van der Waals surface area contributed by atoms with Crippen LogP contribution in [0.5, 0.6) is 0 Å². The van der Waals surface area contributed by atoms with E-state index >= 15 is 0 Å². The molecule has 2 aliphatic rings. The molecule has 2 atom stereocenters. The number of aromatic nitrogens is 2. The monoisotopic (exact) mass is 350 g/mol. The topological polar surface area (TPSA) is 97.2 Å². The Morgan fingerprint density at radius 1 is 1.46 bits per heavy atom. The van der Waals surface area contributed by atoms with Crippen LogP contribution in [0.4, 0.5) is 10.6 Å². The molecule has 2 bridgehead atoms. The van der Waals surface area contributed by atoms with Crippen LogP contribution in [0.2, 0.25) is 0 Å². The molecule has 2 amide bonds. The first-order valence-corrected chi connectivity index (χ1v) is 8.94. The fourth-order valence-electron chi connectivity index (χ4n) is 3.79. The van der Waals surface area contributed by atoms with Crippen LogP contribution in [0.15, 0.2) is 35.6 Å². The summed E-state index contributed by atoms with van der Waals surface area (Å²) in [7, 11) is 0. The lowest BCUT2D eigenvalue weighted by molar-refractivity contribution is 0.0173. The van der Waals surface area contributed by atoms with Gasteiger partial charge in [-0.05, 0) is 56.4 Å². The van der Waals surface area contributed by atoms with E-state index in [1.165, 1.54) is 6.42 Å². The SMILES string of the molecule is Cc1cnc(NC(=O)N2C3CCCC2C3)cc1C(=N)N=Cc1ccc[nH]1. The van der Waals surface area contributed by atoms with Gasteiger partial charge >= 0.3 is 6.03 Å². The second-order valence-electron chi connectivity index (χ2n) is 6.93. The summed E-state index contributed by atoms with van der Waals surface area (Å²) in [5, 5.41) is 11.1. The fourth-order valence-corrected chi connectivity index (χ4v) is 3.79. The Hall–Kier alpha value is -2.96. The van der Waals surface area contributed by atoms with E-state index in [0.29, 0.717) is 23.5 Å². The lowest BCUT2D eigenvalue weighted by Crippen LogP contribution is -2.62. The molecular formula is C19H22N6O. The number of hydrogen-bond acceptors (Lipinski definition) is 3. The lowest BCUT2D eigenvalue weighted by Gasteiger charge is -2.52. The molecule has 3 N–H and O–H groups in total. The third-order valence-corrected chi connectivity index (χ3v) is 5.19. The molecule has 2 saturated heterocycles. The molecule has 2 aromatic rings. The molecule has 7 heteroatoms. The van der Waals surface area contributed by atoms with Crippen molar-refractivity contribution in [3.05, 3.63) is 47.4 Å². The maximum Gasteiger partial charge on any atom is 0.323 e. The number of nitrogens with zero attached hydrogens (tertiary/aromatic N) is 3. The number of carbonyl (C=O) groups is 1. The van der Waals surface area contributed by atoms with Crippen molar-refractivity contribution in [1.29, 1.82) is 5.41 Å². The summed E-state index contributed by atoms with van der Waals surface area (Å²) < 4.78 is 0. The van der Waals surface area contributed by atoms with Crippen molar-refractivity contribution in [3.8, 4) is 0 Å². The number of rotatable bonds is 3. The average Bonchev–Trinajstić information content (AvgIpc) is 3.15. The number of urea groups is 1. The highest BCUT2D eigenvalue weighted by atomic mass is 16.2. The third kappa shape index (κ3) is 3.12. The summed E-state index contributed by atoms with van der Waals surface area (Å²) in [6.45, 7) is 1.88. The minimum absolute atomic E-state index is 0.0883. The van der Waals surface area contributed by atoms with Crippen LogP contribution < -0.4 is 5.32 Å². The van der Waals surface area contributed by atoms with Crippen molar-refractivity contribution in [2.75, 3.05) is 5.32 Å². The van der Waals surface area contributed by atoms with E-state index < -0.39 is 0 Å². The summed E-state index contributed by atoms with van der Waals surface area (Å²) in [4.78, 5) is 26.0.